The highest BCUT2D eigenvalue weighted by molar-refractivity contribution is 5.67. The highest BCUT2D eigenvalue weighted by atomic mass is 16.6. The molecule has 1 aliphatic heterocycles. The first-order chi connectivity index (χ1) is 11.4. The molecular weight excluding hydrogens is 308 g/mol. The summed E-state index contributed by atoms with van der Waals surface area (Å²) in [4.78, 5) is 22.5. The Morgan fingerprint density at radius 3 is 2.92 bits per heavy atom. The number of ether oxygens (including phenoxy) is 2. The lowest BCUT2D eigenvalue weighted by atomic mass is 9.98. The minimum absolute atomic E-state index is 0.361. The Balaban J connectivity index is 1.87. The quantitative estimate of drug-likeness (QED) is 0.891. The van der Waals surface area contributed by atoms with E-state index in [1.54, 1.807) is 0 Å². The van der Waals surface area contributed by atoms with Crippen molar-refractivity contribution in [3.63, 3.8) is 0 Å². The fourth-order valence-electron chi connectivity index (χ4n) is 2.71. The zero-order valence-corrected chi connectivity index (χ0v) is 15.0. The summed E-state index contributed by atoms with van der Waals surface area (Å²) < 4.78 is 10.7. The van der Waals surface area contributed by atoms with E-state index in [1.165, 1.54) is 6.33 Å². The maximum absolute atomic E-state index is 11.8. The fraction of sp³-hybridized carbons (Fsp3) is 0.706. The van der Waals surface area contributed by atoms with Gasteiger partial charge >= 0.3 is 6.09 Å². The van der Waals surface area contributed by atoms with E-state index in [9.17, 15) is 4.79 Å². The first-order valence-corrected chi connectivity index (χ1v) is 8.54. The first kappa shape index (κ1) is 18.3. The van der Waals surface area contributed by atoms with Gasteiger partial charge in [-0.25, -0.2) is 14.8 Å². The normalized spacial score (nSPS) is 18.2. The van der Waals surface area contributed by atoms with E-state index < -0.39 is 5.60 Å². The van der Waals surface area contributed by atoms with Crippen LogP contribution >= 0.6 is 0 Å². The summed E-state index contributed by atoms with van der Waals surface area (Å²) in [5.41, 5.74) is -0.473. The van der Waals surface area contributed by atoms with Crippen molar-refractivity contribution in [1.29, 1.82) is 0 Å². The molecule has 0 aromatic carbocycles. The Kier molecular flexibility index (Phi) is 6.23. The number of amides is 1. The van der Waals surface area contributed by atoms with Gasteiger partial charge in [0.2, 0.25) is 5.88 Å². The molecule has 1 aliphatic rings. The van der Waals surface area contributed by atoms with E-state index in [4.69, 9.17) is 9.47 Å². The third-order valence-electron chi connectivity index (χ3n) is 3.70. The van der Waals surface area contributed by atoms with Crippen LogP contribution in [0, 0.1) is 5.92 Å². The van der Waals surface area contributed by atoms with Crippen molar-refractivity contribution < 1.29 is 14.3 Å². The number of carbonyl (C=O) groups excluding carboxylic acids is 1. The lowest BCUT2D eigenvalue weighted by Gasteiger charge is -2.33. The number of piperidine rings is 1. The molecule has 1 saturated heterocycles. The minimum atomic E-state index is -0.473. The zero-order chi connectivity index (χ0) is 17.6. The van der Waals surface area contributed by atoms with Crippen LogP contribution in [0.3, 0.4) is 0 Å². The maximum atomic E-state index is 11.8. The average molecular weight is 336 g/mol. The van der Waals surface area contributed by atoms with Gasteiger partial charge in [-0.3, -0.25) is 0 Å². The van der Waals surface area contributed by atoms with Gasteiger partial charge in [0.25, 0.3) is 0 Å². The SMILES string of the molecule is CCOc1cc(N2CCC[C@H](CNC(=O)OC(C)(C)C)C2)ncn1. The van der Waals surface area contributed by atoms with Gasteiger partial charge in [0.15, 0.2) is 0 Å². The number of anilines is 1. The third-order valence-corrected chi connectivity index (χ3v) is 3.70. The van der Waals surface area contributed by atoms with Crippen LogP contribution < -0.4 is 15.0 Å². The molecule has 0 unspecified atom stereocenters. The van der Waals surface area contributed by atoms with Crippen LogP contribution in [0.4, 0.5) is 10.6 Å². The number of nitrogens with zero attached hydrogens (tertiary/aromatic N) is 3. The number of carbonyl (C=O) groups is 1. The molecule has 134 valence electrons. The molecule has 24 heavy (non-hydrogen) atoms. The van der Waals surface area contributed by atoms with Crippen molar-refractivity contribution in [2.75, 3.05) is 31.1 Å². The van der Waals surface area contributed by atoms with Gasteiger partial charge in [-0.05, 0) is 46.5 Å². The molecule has 1 N–H and O–H groups in total. The zero-order valence-electron chi connectivity index (χ0n) is 15.0. The van der Waals surface area contributed by atoms with Gasteiger partial charge in [0.05, 0.1) is 6.61 Å². The van der Waals surface area contributed by atoms with Crippen LogP contribution in [-0.4, -0.2) is 47.9 Å². The molecule has 1 amide bonds. The molecule has 1 aromatic rings. The average Bonchev–Trinajstić information content (AvgIpc) is 2.52. The van der Waals surface area contributed by atoms with Crippen molar-refractivity contribution in [3.8, 4) is 5.88 Å². The predicted octanol–water partition coefficient (Wildman–Crippen LogP) is 2.62. The van der Waals surface area contributed by atoms with Crippen LogP contribution in [0.5, 0.6) is 5.88 Å². The molecular formula is C17H28N4O3. The van der Waals surface area contributed by atoms with Crippen LogP contribution in [0.15, 0.2) is 12.4 Å². The Hall–Kier alpha value is -2.05. The largest absolute Gasteiger partial charge is 0.478 e. The van der Waals surface area contributed by atoms with Crippen LogP contribution in [0.2, 0.25) is 0 Å². The second-order valence-corrected chi connectivity index (χ2v) is 6.98. The molecule has 2 heterocycles. The Morgan fingerprint density at radius 1 is 1.42 bits per heavy atom. The van der Waals surface area contributed by atoms with Gasteiger partial charge < -0.3 is 19.7 Å². The van der Waals surface area contributed by atoms with E-state index in [0.29, 0.717) is 24.9 Å². The van der Waals surface area contributed by atoms with Gasteiger partial charge in [-0.1, -0.05) is 0 Å². The monoisotopic (exact) mass is 336 g/mol. The lowest BCUT2D eigenvalue weighted by molar-refractivity contribution is 0.0517. The van der Waals surface area contributed by atoms with Crippen LogP contribution in [0.25, 0.3) is 0 Å². The first-order valence-electron chi connectivity index (χ1n) is 8.54. The van der Waals surface area contributed by atoms with Gasteiger partial charge in [-0.2, -0.15) is 0 Å². The molecule has 0 aliphatic carbocycles. The smallest absolute Gasteiger partial charge is 0.407 e. The summed E-state index contributed by atoms with van der Waals surface area (Å²) in [7, 11) is 0. The number of hydrogen-bond acceptors (Lipinski definition) is 6. The minimum Gasteiger partial charge on any atom is -0.478 e. The van der Waals surface area contributed by atoms with E-state index in [-0.39, 0.29) is 6.09 Å². The lowest BCUT2D eigenvalue weighted by Crippen LogP contribution is -2.42. The number of alkyl carbamates (subject to hydrolysis) is 1. The fourth-order valence-corrected chi connectivity index (χ4v) is 2.71. The topological polar surface area (TPSA) is 76.6 Å². The number of rotatable bonds is 5. The molecule has 0 saturated carbocycles. The second kappa shape index (κ2) is 8.17. The molecule has 0 bridgehead atoms. The molecule has 0 spiro atoms. The number of aromatic nitrogens is 2. The van der Waals surface area contributed by atoms with Gasteiger partial charge in [0.1, 0.15) is 17.7 Å². The predicted molar refractivity (Wildman–Crippen MR) is 92.4 cm³/mol. The summed E-state index contributed by atoms with van der Waals surface area (Å²) >= 11 is 0. The Labute approximate surface area is 143 Å². The van der Waals surface area contributed by atoms with E-state index in [0.717, 1.165) is 31.7 Å². The van der Waals surface area contributed by atoms with Crippen molar-refractivity contribution in [2.24, 2.45) is 5.92 Å². The van der Waals surface area contributed by atoms with Crippen LogP contribution in [-0.2, 0) is 4.74 Å². The van der Waals surface area contributed by atoms with Gasteiger partial charge in [-0.15, -0.1) is 0 Å². The molecule has 0 radical (unpaired) electrons. The van der Waals surface area contributed by atoms with Crippen LogP contribution in [0.1, 0.15) is 40.5 Å². The summed E-state index contributed by atoms with van der Waals surface area (Å²) in [6, 6.07) is 1.87. The third kappa shape index (κ3) is 5.86. The number of hydrogen-bond donors (Lipinski definition) is 1. The van der Waals surface area contributed by atoms with Crippen molar-refractivity contribution in [3.05, 3.63) is 12.4 Å². The van der Waals surface area contributed by atoms with Crippen molar-refractivity contribution in [2.45, 2.75) is 46.1 Å². The van der Waals surface area contributed by atoms with E-state index >= 15 is 0 Å². The number of nitrogens with one attached hydrogen (secondary N) is 1. The summed E-state index contributed by atoms with van der Waals surface area (Å²) in [5, 5.41) is 2.87. The molecule has 1 atom stereocenters. The molecule has 7 nitrogen and oxygen atoms in total. The Morgan fingerprint density at radius 2 is 2.21 bits per heavy atom. The molecule has 1 fully saturated rings. The Bertz CT molecular complexity index is 545. The second-order valence-electron chi connectivity index (χ2n) is 6.98. The molecule has 2 rings (SSSR count). The van der Waals surface area contributed by atoms with Gasteiger partial charge in [0, 0.05) is 25.7 Å². The molecule has 1 aromatic heterocycles. The highest BCUT2D eigenvalue weighted by Crippen LogP contribution is 2.23. The van der Waals surface area contributed by atoms with E-state index in [2.05, 4.69) is 20.2 Å². The summed E-state index contributed by atoms with van der Waals surface area (Å²) in [6.45, 7) is 10.5. The van der Waals surface area contributed by atoms with E-state index in [1.807, 2.05) is 33.8 Å². The van der Waals surface area contributed by atoms with Crippen molar-refractivity contribution in [1.82, 2.24) is 15.3 Å². The standard InChI is InChI=1S/C17H28N4O3/c1-5-23-15-9-14(19-12-20-15)21-8-6-7-13(11-21)10-18-16(22)24-17(2,3)4/h9,12-13H,5-8,10-11H2,1-4H3,(H,18,22)/t13-/m1/s1. The summed E-state index contributed by atoms with van der Waals surface area (Å²) in [5.74, 6) is 1.84. The summed E-state index contributed by atoms with van der Waals surface area (Å²) in [6.07, 6.45) is 3.31. The highest BCUT2D eigenvalue weighted by Gasteiger charge is 2.23. The molecule has 7 heteroatoms. The van der Waals surface area contributed by atoms with Crippen molar-refractivity contribution >= 4 is 11.9 Å². The maximum Gasteiger partial charge on any atom is 0.407 e.